The first-order valence-electron chi connectivity index (χ1n) is 6.60. The van der Waals surface area contributed by atoms with Gasteiger partial charge in [0.15, 0.2) is 0 Å². The van der Waals surface area contributed by atoms with E-state index in [9.17, 15) is 5.11 Å². The topological polar surface area (TPSA) is 29.5 Å². The van der Waals surface area contributed by atoms with Gasteiger partial charge in [0, 0.05) is 5.56 Å². The molecule has 1 aromatic rings. The molecule has 1 aromatic carbocycles. The maximum absolute atomic E-state index is 10.3. The van der Waals surface area contributed by atoms with Crippen molar-refractivity contribution in [1.29, 1.82) is 0 Å². The molecule has 0 spiro atoms. The molecule has 0 saturated heterocycles. The number of aliphatic hydroxyl groups excluding tert-OH is 1. The van der Waals surface area contributed by atoms with Crippen molar-refractivity contribution < 1.29 is 9.84 Å². The molecule has 0 aliphatic rings. The van der Waals surface area contributed by atoms with Gasteiger partial charge >= 0.3 is 0 Å². The standard InChI is InChI=1S/C17H24O2/c1-7-8-13-14(17(18)12(4)5)9-10-15(19-6)16(13)11(2)3/h7-11,17-18H,4H2,1-3,5-6H3/b8-7+. The van der Waals surface area contributed by atoms with Crippen LogP contribution >= 0.6 is 0 Å². The minimum Gasteiger partial charge on any atom is -0.496 e. The Hall–Kier alpha value is -1.54. The molecule has 1 atom stereocenters. The second-order valence-corrected chi connectivity index (χ2v) is 5.09. The Balaban J connectivity index is 3.57. The van der Waals surface area contributed by atoms with Gasteiger partial charge in [-0.1, -0.05) is 38.6 Å². The Morgan fingerprint density at radius 3 is 2.42 bits per heavy atom. The molecule has 0 bridgehead atoms. The summed E-state index contributed by atoms with van der Waals surface area (Å²) in [5, 5.41) is 10.3. The van der Waals surface area contributed by atoms with Crippen molar-refractivity contribution in [3.63, 3.8) is 0 Å². The Kier molecular flexibility index (Phi) is 5.37. The molecule has 2 heteroatoms. The van der Waals surface area contributed by atoms with E-state index in [-0.39, 0.29) is 0 Å². The third-order valence-electron chi connectivity index (χ3n) is 3.17. The first-order chi connectivity index (χ1) is 8.93. The van der Waals surface area contributed by atoms with E-state index in [1.54, 1.807) is 7.11 Å². The lowest BCUT2D eigenvalue weighted by Gasteiger charge is -2.21. The molecule has 2 nitrogen and oxygen atoms in total. The predicted octanol–water partition coefficient (Wildman–Crippen LogP) is 4.46. The summed E-state index contributed by atoms with van der Waals surface area (Å²) in [6.45, 7) is 11.9. The van der Waals surface area contributed by atoms with Crippen molar-refractivity contribution in [1.82, 2.24) is 0 Å². The van der Waals surface area contributed by atoms with Crippen LogP contribution in [0.3, 0.4) is 0 Å². The molecule has 0 fully saturated rings. The summed E-state index contributed by atoms with van der Waals surface area (Å²) >= 11 is 0. The average Bonchev–Trinajstić information content (AvgIpc) is 2.37. The van der Waals surface area contributed by atoms with Gasteiger partial charge in [0.05, 0.1) is 7.11 Å². The first-order valence-corrected chi connectivity index (χ1v) is 6.60. The number of aliphatic hydroxyl groups is 1. The van der Waals surface area contributed by atoms with Gasteiger partial charge in [0.25, 0.3) is 0 Å². The van der Waals surface area contributed by atoms with Crippen LogP contribution in [0.5, 0.6) is 5.75 Å². The molecule has 0 aromatic heterocycles. The molecule has 1 unspecified atom stereocenters. The predicted molar refractivity (Wildman–Crippen MR) is 81.6 cm³/mol. The number of hydrogen-bond acceptors (Lipinski definition) is 2. The second-order valence-electron chi connectivity index (χ2n) is 5.09. The molecule has 1 rings (SSSR count). The summed E-state index contributed by atoms with van der Waals surface area (Å²) in [5.74, 6) is 1.18. The molecule has 0 radical (unpaired) electrons. The van der Waals surface area contributed by atoms with E-state index < -0.39 is 6.10 Å². The fourth-order valence-electron chi connectivity index (χ4n) is 2.26. The van der Waals surface area contributed by atoms with Crippen LogP contribution in [0.2, 0.25) is 0 Å². The van der Waals surface area contributed by atoms with E-state index in [2.05, 4.69) is 20.4 Å². The Morgan fingerprint density at radius 2 is 2.00 bits per heavy atom. The van der Waals surface area contributed by atoms with Gasteiger partial charge in [-0.25, -0.2) is 0 Å². The number of rotatable bonds is 5. The smallest absolute Gasteiger partial charge is 0.122 e. The van der Waals surface area contributed by atoms with Crippen LogP contribution in [0.15, 0.2) is 30.4 Å². The highest BCUT2D eigenvalue weighted by Gasteiger charge is 2.19. The van der Waals surface area contributed by atoms with E-state index in [0.717, 1.165) is 28.0 Å². The van der Waals surface area contributed by atoms with Gasteiger partial charge in [-0.15, -0.1) is 0 Å². The number of benzene rings is 1. The number of hydrogen-bond donors (Lipinski definition) is 1. The van der Waals surface area contributed by atoms with E-state index in [0.29, 0.717) is 5.92 Å². The molecule has 0 aliphatic carbocycles. The zero-order valence-corrected chi connectivity index (χ0v) is 12.5. The third kappa shape index (κ3) is 3.27. The van der Waals surface area contributed by atoms with Crippen LogP contribution in [0.1, 0.15) is 56.4 Å². The van der Waals surface area contributed by atoms with Crippen LogP contribution < -0.4 is 4.74 Å². The summed E-state index contributed by atoms with van der Waals surface area (Å²) < 4.78 is 5.45. The van der Waals surface area contributed by atoms with Gasteiger partial charge in [-0.3, -0.25) is 0 Å². The summed E-state index contributed by atoms with van der Waals surface area (Å²) in [6.07, 6.45) is 3.36. The van der Waals surface area contributed by atoms with Crippen LogP contribution in [0.4, 0.5) is 0 Å². The normalized spacial score (nSPS) is 13.0. The first kappa shape index (κ1) is 15.5. The molecule has 0 saturated carbocycles. The van der Waals surface area contributed by atoms with Crippen molar-refractivity contribution in [3.8, 4) is 5.75 Å². The van der Waals surface area contributed by atoms with Gasteiger partial charge in [-0.05, 0) is 42.5 Å². The van der Waals surface area contributed by atoms with E-state index in [1.807, 2.05) is 38.1 Å². The summed E-state index contributed by atoms with van der Waals surface area (Å²) in [7, 11) is 1.68. The lowest BCUT2D eigenvalue weighted by atomic mass is 9.88. The molecular weight excluding hydrogens is 236 g/mol. The van der Waals surface area contributed by atoms with Crippen LogP contribution in [0.25, 0.3) is 6.08 Å². The quantitative estimate of drug-likeness (QED) is 0.792. The maximum Gasteiger partial charge on any atom is 0.122 e. The van der Waals surface area contributed by atoms with E-state index in [1.165, 1.54) is 0 Å². The fraction of sp³-hybridized carbons (Fsp3) is 0.412. The molecule has 0 amide bonds. The highest BCUT2D eigenvalue weighted by Crippen LogP contribution is 2.36. The average molecular weight is 260 g/mol. The lowest BCUT2D eigenvalue weighted by Crippen LogP contribution is -2.06. The van der Waals surface area contributed by atoms with Gasteiger partial charge in [0.1, 0.15) is 11.9 Å². The fourth-order valence-corrected chi connectivity index (χ4v) is 2.26. The monoisotopic (exact) mass is 260 g/mol. The van der Waals surface area contributed by atoms with Crippen LogP contribution in [-0.2, 0) is 0 Å². The van der Waals surface area contributed by atoms with E-state index in [4.69, 9.17) is 4.74 Å². The van der Waals surface area contributed by atoms with Crippen LogP contribution in [-0.4, -0.2) is 12.2 Å². The van der Waals surface area contributed by atoms with Gasteiger partial charge in [0.2, 0.25) is 0 Å². The number of methoxy groups -OCH3 is 1. The van der Waals surface area contributed by atoms with Crippen molar-refractivity contribution in [2.24, 2.45) is 0 Å². The zero-order chi connectivity index (χ0) is 14.6. The molecule has 1 N–H and O–H groups in total. The van der Waals surface area contributed by atoms with Crippen molar-refractivity contribution in [3.05, 3.63) is 47.1 Å². The minimum absolute atomic E-state index is 0.318. The van der Waals surface area contributed by atoms with Gasteiger partial charge in [-0.2, -0.15) is 0 Å². The van der Waals surface area contributed by atoms with Crippen LogP contribution in [0, 0.1) is 0 Å². The zero-order valence-electron chi connectivity index (χ0n) is 12.5. The molecule has 0 heterocycles. The lowest BCUT2D eigenvalue weighted by molar-refractivity contribution is 0.215. The number of ether oxygens (including phenoxy) is 1. The molecular formula is C17H24O2. The summed E-state index contributed by atoms with van der Waals surface area (Å²) in [4.78, 5) is 0. The van der Waals surface area contributed by atoms with Crippen molar-refractivity contribution in [2.75, 3.05) is 7.11 Å². The van der Waals surface area contributed by atoms with Crippen molar-refractivity contribution in [2.45, 2.75) is 39.7 Å². The third-order valence-corrected chi connectivity index (χ3v) is 3.17. The highest BCUT2D eigenvalue weighted by molar-refractivity contribution is 5.64. The maximum atomic E-state index is 10.3. The Labute approximate surface area is 116 Å². The second kappa shape index (κ2) is 6.58. The molecule has 19 heavy (non-hydrogen) atoms. The number of allylic oxidation sites excluding steroid dienone is 1. The van der Waals surface area contributed by atoms with Gasteiger partial charge < -0.3 is 9.84 Å². The highest BCUT2D eigenvalue weighted by atomic mass is 16.5. The SMILES string of the molecule is C=C(C)C(O)c1ccc(OC)c(C(C)C)c1/C=C/C. The van der Waals surface area contributed by atoms with Crippen molar-refractivity contribution >= 4 is 6.08 Å². The Morgan fingerprint density at radius 1 is 1.37 bits per heavy atom. The molecule has 0 aliphatic heterocycles. The van der Waals surface area contributed by atoms with E-state index >= 15 is 0 Å². The largest absolute Gasteiger partial charge is 0.496 e. The summed E-state index contributed by atoms with van der Waals surface area (Å²) in [5.41, 5.74) is 3.78. The molecule has 104 valence electrons. The summed E-state index contributed by atoms with van der Waals surface area (Å²) in [6, 6.07) is 3.84. The Bertz CT molecular complexity index is 484. The minimum atomic E-state index is -0.644.